The summed E-state index contributed by atoms with van der Waals surface area (Å²) in [6.45, 7) is 5.12. The number of carboxylic acid groups (broad SMARTS) is 1. The molecule has 0 aliphatic heterocycles. The van der Waals surface area contributed by atoms with E-state index in [1.807, 2.05) is 19.1 Å². The molecule has 1 rings (SSSR count). The predicted molar refractivity (Wildman–Crippen MR) is 51.7 cm³/mol. The van der Waals surface area contributed by atoms with Crippen LogP contribution in [-0.2, 0) is 4.79 Å². The summed E-state index contributed by atoms with van der Waals surface area (Å²) >= 11 is 0. The highest BCUT2D eigenvalue weighted by atomic mass is 16.6. The third kappa shape index (κ3) is 2.52. The van der Waals surface area contributed by atoms with E-state index in [4.69, 9.17) is 9.94 Å². The molecule has 2 N–H and O–H groups in total. The van der Waals surface area contributed by atoms with Gasteiger partial charge in [0, 0.05) is 0 Å². The number of carbonyl (C=O) groups is 1. The van der Waals surface area contributed by atoms with Gasteiger partial charge in [0.05, 0.1) is 0 Å². The van der Waals surface area contributed by atoms with Gasteiger partial charge in [-0.3, -0.25) is 0 Å². The summed E-state index contributed by atoms with van der Waals surface area (Å²) in [4.78, 5) is 15.4. The number of aryl methyl sites for hydroxylation is 1. The average Bonchev–Trinajstić information content (AvgIpc) is 2.16. The van der Waals surface area contributed by atoms with Gasteiger partial charge in [0.25, 0.3) is 0 Å². The van der Waals surface area contributed by atoms with Gasteiger partial charge in [0.2, 0.25) is 0 Å². The fourth-order valence-electron chi connectivity index (χ4n) is 0.831. The highest BCUT2D eigenvalue weighted by Crippen LogP contribution is 2.15. The van der Waals surface area contributed by atoms with Crippen molar-refractivity contribution in [1.29, 1.82) is 0 Å². The molecule has 0 spiro atoms. The molecular formula is C10H11NO3. The molecule has 1 aromatic rings. The number of rotatable bonds is 4. The summed E-state index contributed by atoms with van der Waals surface area (Å²) < 4.78 is 0. The highest BCUT2D eigenvalue weighted by molar-refractivity contribution is 5.84. The molecule has 4 heteroatoms. The first-order chi connectivity index (χ1) is 6.61. The van der Waals surface area contributed by atoms with Crippen molar-refractivity contribution >= 4 is 5.97 Å². The van der Waals surface area contributed by atoms with Gasteiger partial charge < -0.3 is 9.94 Å². The number of hydroxylamine groups is 1. The molecule has 0 aliphatic rings. The Balaban J connectivity index is 2.58. The molecule has 0 amide bonds. The average molecular weight is 193 g/mol. The zero-order chi connectivity index (χ0) is 10.6. The van der Waals surface area contributed by atoms with Crippen LogP contribution in [0.1, 0.15) is 5.56 Å². The molecule has 0 bridgehead atoms. The summed E-state index contributed by atoms with van der Waals surface area (Å²) in [7, 11) is 0. The fourth-order valence-corrected chi connectivity index (χ4v) is 0.831. The Labute approximate surface area is 81.8 Å². The van der Waals surface area contributed by atoms with Crippen LogP contribution < -0.4 is 10.3 Å². The van der Waals surface area contributed by atoms with Crippen LogP contribution >= 0.6 is 0 Å². The maximum absolute atomic E-state index is 10.4. The normalized spacial score (nSPS) is 9.21. The first-order valence-electron chi connectivity index (χ1n) is 4.02. The molecule has 4 nitrogen and oxygen atoms in total. The molecule has 0 atom stereocenters. The molecule has 0 heterocycles. The quantitative estimate of drug-likeness (QED) is 0.561. The van der Waals surface area contributed by atoms with Gasteiger partial charge in [-0.15, -0.1) is 0 Å². The lowest BCUT2D eigenvalue weighted by atomic mass is 10.2. The second-order valence-electron chi connectivity index (χ2n) is 2.75. The van der Waals surface area contributed by atoms with Gasteiger partial charge in [0.1, 0.15) is 5.70 Å². The Morgan fingerprint density at radius 2 is 2.14 bits per heavy atom. The number of nitrogens with one attached hydrogen (secondary N) is 1. The fraction of sp³-hybridized carbons (Fsp3) is 0.100. The van der Waals surface area contributed by atoms with E-state index >= 15 is 0 Å². The van der Waals surface area contributed by atoms with E-state index in [9.17, 15) is 4.79 Å². The molecule has 0 fully saturated rings. The lowest BCUT2D eigenvalue weighted by Crippen LogP contribution is -2.22. The number of para-hydroxylation sites is 1. The van der Waals surface area contributed by atoms with E-state index in [1.54, 1.807) is 12.1 Å². The van der Waals surface area contributed by atoms with Gasteiger partial charge >= 0.3 is 5.97 Å². The molecule has 0 radical (unpaired) electrons. The predicted octanol–water partition coefficient (Wildman–Crippen LogP) is 1.48. The molecule has 0 saturated heterocycles. The largest absolute Gasteiger partial charge is 0.477 e. The highest BCUT2D eigenvalue weighted by Gasteiger charge is 2.04. The van der Waals surface area contributed by atoms with Crippen molar-refractivity contribution < 1.29 is 14.7 Å². The van der Waals surface area contributed by atoms with Crippen molar-refractivity contribution in [3.8, 4) is 5.75 Å². The molecule has 1 aromatic carbocycles. The standard InChI is InChI=1S/C10H11NO3/c1-7-5-3-4-6-9(7)14-11-8(2)10(12)13/h3-6,11H,2H2,1H3,(H,12,13). The van der Waals surface area contributed by atoms with Crippen LogP contribution in [0.25, 0.3) is 0 Å². The van der Waals surface area contributed by atoms with Crippen LogP contribution in [0.5, 0.6) is 5.75 Å². The number of carboxylic acids is 1. The Kier molecular flexibility index (Phi) is 3.12. The van der Waals surface area contributed by atoms with Crippen molar-refractivity contribution in [2.75, 3.05) is 0 Å². The maximum Gasteiger partial charge on any atom is 0.354 e. The van der Waals surface area contributed by atoms with Gasteiger partial charge in [-0.1, -0.05) is 24.8 Å². The monoisotopic (exact) mass is 193 g/mol. The van der Waals surface area contributed by atoms with Gasteiger partial charge in [-0.2, -0.15) is 0 Å². The summed E-state index contributed by atoms with van der Waals surface area (Å²) in [5.74, 6) is -0.562. The van der Waals surface area contributed by atoms with Crippen molar-refractivity contribution in [1.82, 2.24) is 5.48 Å². The van der Waals surface area contributed by atoms with Crippen molar-refractivity contribution in [3.63, 3.8) is 0 Å². The van der Waals surface area contributed by atoms with Gasteiger partial charge in [0.15, 0.2) is 5.75 Å². The minimum Gasteiger partial charge on any atom is -0.477 e. The summed E-state index contributed by atoms with van der Waals surface area (Å²) in [6, 6.07) is 7.26. The Hall–Kier alpha value is -1.97. The zero-order valence-corrected chi connectivity index (χ0v) is 7.78. The Morgan fingerprint density at radius 3 is 2.71 bits per heavy atom. The van der Waals surface area contributed by atoms with Crippen molar-refractivity contribution in [2.45, 2.75) is 6.92 Å². The lowest BCUT2D eigenvalue weighted by Gasteiger charge is -2.09. The van der Waals surface area contributed by atoms with E-state index in [1.165, 1.54) is 0 Å². The van der Waals surface area contributed by atoms with Crippen LogP contribution in [-0.4, -0.2) is 11.1 Å². The van der Waals surface area contributed by atoms with Crippen LogP contribution in [0.15, 0.2) is 36.5 Å². The summed E-state index contributed by atoms with van der Waals surface area (Å²) in [5.41, 5.74) is 2.96. The van der Waals surface area contributed by atoms with E-state index < -0.39 is 5.97 Å². The third-order valence-corrected chi connectivity index (χ3v) is 1.64. The van der Waals surface area contributed by atoms with E-state index in [0.29, 0.717) is 5.75 Å². The Morgan fingerprint density at radius 1 is 1.50 bits per heavy atom. The molecule has 74 valence electrons. The first-order valence-corrected chi connectivity index (χ1v) is 4.02. The third-order valence-electron chi connectivity index (χ3n) is 1.64. The molecule has 0 unspecified atom stereocenters. The second-order valence-corrected chi connectivity index (χ2v) is 2.75. The summed E-state index contributed by atoms with van der Waals surface area (Å²) in [6.07, 6.45) is 0. The van der Waals surface area contributed by atoms with E-state index in [-0.39, 0.29) is 5.70 Å². The number of hydrogen-bond acceptors (Lipinski definition) is 3. The molecule has 14 heavy (non-hydrogen) atoms. The maximum atomic E-state index is 10.4. The number of hydrogen-bond donors (Lipinski definition) is 2. The minimum atomic E-state index is -1.14. The SMILES string of the molecule is C=C(NOc1ccccc1C)C(=O)O. The molecule has 0 aliphatic carbocycles. The zero-order valence-electron chi connectivity index (χ0n) is 7.78. The number of benzene rings is 1. The lowest BCUT2D eigenvalue weighted by molar-refractivity contribution is -0.133. The molecule has 0 saturated carbocycles. The summed E-state index contributed by atoms with van der Waals surface area (Å²) in [5, 5.41) is 8.49. The van der Waals surface area contributed by atoms with Crippen molar-refractivity contribution in [3.05, 3.63) is 42.1 Å². The Bertz CT molecular complexity index is 360. The van der Waals surface area contributed by atoms with E-state index in [2.05, 4.69) is 12.1 Å². The smallest absolute Gasteiger partial charge is 0.354 e. The molecule has 0 aromatic heterocycles. The van der Waals surface area contributed by atoms with Gasteiger partial charge in [-0.05, 0) is 18.6 Å². The number of aliphatic carboxylic acids is 1. The topological polar surface area (TPSA) is 58.6 Å². The minimum absolute atomic E-state index is 0.201. The van der Waals surface area contributed by atoms with Crippen LogP contribution in [0.4, 0.5) is 0 Å². The van der Waals surface area contributed by atoms with E-state index in [0.717, 1.165) is 5.56 Å². The van der Waals surface area contributed by atoms with Gasteiger partial charge in [-0.25, -0.2) is 10.3 Å². The van der Waals surface area contributed by atoms with Crippen LogP contribution in [0, 0.1) is 6.92 Å². The van der Waals surface area contributed by atoms with Crippen molar-refractivity contribution in [2.24, 2.45) is 0 Å². The van der Waals surface area contributed by atoms with Crippen LogP contribution in [0.2, 0.25) is 0 Å². The molecular weight excluding hydrogens is 182 g/mol. The van der Waals surface area contributed by atoms with Crippen LogP contribution in [0.3, 0.4) is 0 Å². The second kappa shape index (κ2) is 4.32. The first kappa shape index (κ1) is 10.1.